The van der Waals surface area contributed by atoms with Gasteiger partial charge >= 0.3 is 0 Å². The van der Waals surface area contributed by atoms with E-state index in [0.29, 0.717) is 31.8 Å². The molecule has 0 radical (unpaired) electrons. The Morgan fingerprint density at radius 2 is 2.00 bits per heavy atom. The molecule has 1 fully saturated rings. The third kappa shape index (κ3) is 2.17. The van der Waals surface area contributed by atoms with Gasteiger partial charge in [0.15, 0.2) is 0 Å². The van der Waals surface area contributed by atoms with Crippen molar-refractivity contribution in [3.63, 3.8) is 0 Å². The minimum absolute atomic E-state index is 0.0564. The molecule has 1 saturated heterocycles. The van der Waals surface area contributed by atoms with Crippen LogP contribution in [0.4, 0.5) is 0 Å². The highest BCUT2D eigenvalue weighted by Crippen LogP contribution is 2.28. The highest BCUT2D eigenvalue weighted by atomic mass is 16.2. The first kappa shape index (κ1) is 14.5. The lowest BCUT2D eigenvalue weighted by molar-refractivity contribution is -0.155. The largest absolute Gasteiger partial charge is 0.345 e. The Bertz CT molecular complexity index is 507. The van der Waals surface area contributed by atoms with E-state index in [0.717, 1.165) is 0 Å². The molecule has 2 amide bonds. The zero-order valence-corrected chi connectivity index (χ0v) is 12.2. The fraction of sp³-hybridized carbons (Fsp3) is 0.692. The summed E-state index contributed by atoms with van der Waals surface area (Å²) < 4.78 is 1.75. The lowest BCUT2D eigenvalue weighted by Gasteiger charge is -2.44. The maximum atomic E-state index is 12.3. The first-order chi connectivity index (χ1) is 9.58. The summed E-state index contributed by atoms with van der Waals surface area (Å²) in [6.07, 6.45) is 2.65. The number of aryl methyl sites for hydroxylation is 1. The van der Waals surface area contributed by atoms with Gasteiger partial charge in [-0.05, 0) is 19.8 Å². The predicted molar refractivity (Wildman–Crippen MR) is 72.6 cm³/mol. The molecular weight excluding hydrogens is 258 g/mol. The Morgan fingerprint density at radius 3 is 2.60 bits per heavy atom. The standard InChI is InChI=1S/C13H21N5O2/c1-4-13(5-2)12(20)14-7-11(19)17(13)8-10-15-9-16-18(10)6-3/h9H,4-8H2,1-3H3,(H,14,20). The third-order valence-electron chi connectivity index (χ3n) is 4.11. The molecule has 1 aliphatic heterocycles. The fourth-order valence-electron chi connectivity index (χ4n) is 2.79. The van der Waals surface area contributed by atoms with Gasteiger partial charge in [-0.25, -0.2) is 9.67 Å². The Hall–Kier alpha value is -1.92. The third-order valence-corrected chi connectivity index (χ3v) is 4.11. The van der Waals surface area contributed by atoms with Crippen molar-refractivity contribution in [2.45, 2.75) is 52.2 Å². The molecule has 1 aromatic heterocycles. The molecular formula is C13H21N5O2. The molecule has 0 unspecified atom stereocenters. The van der Waals surface area contributed by atoms with E-state index in [2.05, 4.69) is 15.4 Å². The van der Waals surface area contributed by atoms with Crippen LogP contribution in [0.5, 0.6) is 0 Å². The van der Waals surface area contributed by atoms with Crippen molar-refractivity contribution < 1.29 is 9.59 Å². The van der Waals surface area contributed by atoms with Gasteiger partial charge in [0.2, 0.25) is 11.8 Å². The quantitative estimate of drug-likeness (QED) is 0.841. The fourth-order valence-corrected chi connectivity index (χ4v) is 2.79. The average Bonchev–Trinajstić information content (AvgIpc) is 2.91. The molecule has 7 nitrogen and oxygen atoms in total. The molecule has 0 atom stereocenters. The van der Waals surface area contributed by atoms with Crippen molar-refractivity contribution in [3.05, 3.63) is 12.2 Å². The topological polar surface area (TPSA) is 80.1 Å². The number of aromatic nitrogens is 3. The van der Waals surface area contributed by atoms with Crippen molar-refractivity contribution in [2.75, 3.05) is 6.54 Å². The number of rotatable bonds is 5. The van der Waals surface area contributed by atoms with Crippen LogP contribution in [0.25, 0.3) is 0 Å². The van der Waals surface area contributed by atoms with Crippen molar-refractivity contribution >= 4 is 11.8 Å². The second kappa shape index (κ2) is 5.60. The van der Waals surface area contributed by atoms with Gasteiger partial charge in [0.25, 0.3) is 0 Å². The molecule has 1 aliphatic rings. The first-order valence-corrected chi connectivity index (χ1v) is 7.04. The van der Waals surface area contributed by atoms with Gasteiger partial charge in [0.05, 0.1) is 13.1 Å². The highest BCUT2D eigenvalue weighted by molar-refractivity contribution is 5.97. The lowest BCUT2D eigenvalue weighted by Crippen LogP contribution is -2.66. The summed E-state index contributed by atoms with van der Waals surface area (Å²) in [7, 11) is 0. The van der Waals surface area contributed by atoms with Crippen LogP contribution in [0.15, 0.2) is 6.33 Å². The number of hydrogen-bond acceptors (Lipinski definition) is 4. The Morgan fingerprint density at radius 1 is 1.30 bits per heavy atom. The Kier molecular flexibility index (Phi) is 4.06. The minimum atomic E-state index is -0.778. The highest BCUT2D eigenvalue weighted by Gasteiger charge is 2.47. The summed E-state index contributed by atoms with van der Waals surface area (Å²) in [5.41, 5.74) is -0.778. The second-order valence-electron chi connectivity index (χ2n) is 4.89. The maximum Gasteiger partial charge on any atom is 0.246 e. The van der Waals surface area contributed by atoms with E-state index in [-0.39, 0.29) is 18.4 Å². The average molecular weight is 279 g/mol. The van der Waals surface area contributed by atoms with Gasteiger partial charge in [-0.3, -0.25) is 9.59 Å². The smallest absolute Gasteiger partial charge is 0.246 e. The molecule has 0 aromatic carbocycles. The molecule has 110 valence electrons. The Balaban J connectivity index is 2.34. The lowest BCUT2D eigenvalue weighted by atomic mass is 9.87. The van der Waals surface area contributed by atoms with E-state index in [4.69, 9.17) is 0 Å². The van der Waals surface area contributed by atoms with E-state index >= 15 is 0 Å². The molecule has 1 N–H and O–H groups in total. The zero-order valence-electron chi connectivity index (χ0n) is 12.2. The van der Waals surface area contributed by atoms with Crippen molar-refractivity contribution in [1.29, 1.82) is 0 Å². The van der Waals surface area contributed by atoms with Crippen LogP contribution in [0.2, 0.25) is 0 Å². The molecule has 0 spiro atoms. The maximum absolute atomic E-state index is 12.3. The molecule has 0 aliphatic carbocycles. The molecule has 0 bridgehead atoms. The zero-order chi connectivity index (χ0) is 14.8. The summed E-state index contributed by atoms with van der Waals surface area (Å²) >= 11 is 0. The molecule has 0 saturated carbocycles. The summed E-state index contributed by atoms with van der Waals surface area (Å²) in [5, 5.41) is 6.80. The van der Waals surface area contributed by atoms with Crippen molar-refractivity contribution in [1.82, 2.24) is 25.0 Å². The normalized spacial score (nSPS) is 18.2. The molecule has 20 heavy (non-hydrogen) atoms. The van der Waals surface area contributed by atoms with Crippen LogP contribution < -0.4 is 5.32 Å². The van der Waals surface area contributed by atoms with Gasteiger partial charge in [-0.1, -0.05) is 13.8 Å². The monoisotopic (exact) mass is 279 g/mol. The number of piperazine rings is 1. The number of hydrogen-bond donors (Lipinski definition) is 1. The van der Waals surface area contributed by atoms with Gasteiger partial charge in [-0.2, -0.15) is 5.10 Å². The van der Waals surface area contributed by atoms with Crippen molar-refractivity contribution in [3.8, 4) is 0 Å². The van der Waals surface area contributed by atoms with Gasteiger partial charge in [0.1, 0.15) is 17.7 Å². The summed E-state index contributed by atoms with van der Waals surface area (Å²) in [6.45, 7) is 6.89. The van der Waals surface area contributed by atoms with Crippen LogP contribution in [-0.4, -0.2) is 43.6 Å². The van der Waals surface area contributed by atoms with Crippen molar-refractivity contribution in [2.24, 2.45) is 0 Å². The number of amides is 2. The number of carbonyl (C=O) groups is 2. The summed E-state index contributed by atoms with van der Waals surface area (Å²) in [6, 6.07) is 0. The van der Waals surface area contributed by atoms with E-state index in [1.807, 2.05) is 20.8 Å². The van der Waals surface area contributed by atoms with E-state index in [1.54, 1.807) is 9.58 Å². The molecule has 1 aromatic rings. The van der Waals surface area contributed by atoms with Crippen LogP contribution in [0.1, 0.15) is 39.4 Å². The van der Waals surface area contributed by atoms with Gasteiger partial charge in [0, 0.05) is 6.54 Å². The first-order valence-electron chi connectivity index (χ1n) is 7.04. The SMILES string of the molecule is CCn1ncnc1CN1C(=O)CNC(=O)C1(CC)CC. The van der Waals surface area contributed by atoms with Crippen LogP contribution >= 0.6 is 0 Å². The molecule has 2 rings (SSSR count). The predicted octanol–water partition coefficient (Wildman–Crippen LogP) is 0.315. The number of carbonyl (C=O) groups excluding carboxylic acids is 2. The minimum Gasteiger partial charge on any atom is -0.345 e. The van der Waals surface area contributed by atoms with E-state index < -0.39 is 5.54 Å². The molecule has 7 heteroatoms. The van der Waals surface area contributed by atoms with E-state index in [9.17, 15) is 9.59 Å². The second-order valence-corrected chi connectivity index (χ2v) is 4.89. The summed E-state index contributed by atoms with van der Waals surface area (Å²) in [4.78, 5) is 30.4. The van der Waals surface area contributed by atoms with Gasteiger partial charge < -0.3 is 10.2 Å². The molecule has 2 heterocycles. The number of nitrogens with one attached hydrogen (secondary N) is 1. The number of nitrogens with zero attached hydrogens (tertiary/aromatic N) is 4. The van der Waals surface area contributed by atoms with Crippen LogP contribution in [0, 0.1) is 0 Å². The van der Waals surface area contributed by atoms with E-state index in [1.165, 1.54) is 6.33 Å². The Labute approximate surface area is 118 Å². The van der Waals surface area contributed by atoms with Crippen LogP contribution in [0.3, 0.4) is 0 Å². The summed E-state index contributed by atoms with van der Waals surface area (Å²) in [5.74, 6) is 0.561. The van der Waals surface area contributed by atoms with Gasteiger partial charge in [-0.15, -0.1) is 0 Å². The van der Waals surface area contributed by atoms with Crippen LogP contribution in [-0.2, 0) is 22.7 Å².